The Bertz CT molecular complexity index is 126. The number of rotatable bonds is 2. The van der Waals surface area contributed by atoms with Crippen LogP contribution in [-0.4, -0.2) is 25.7 Å². The molecule has 1 rings (SSSR count). The van der Waals surface area contributed by atoms with Gasteiger partial charge in [0, 0.05) is 14.0 Å². The van der Waals surface area contributed by atoms with Gasteiger partial charge in [0.15, 0.2) is 0 Å². The third kappa shape index (κ3) is 7.34. The van der Waals surface area contributed by atoms with Crippen LogP contribution in [0.2, 0.25) is 0 Å². The van der Waals surface area contributed by atoms with Crippen LogP contribution in [-0.2, 0) is 0 Å². The van der Waals surface area contributed by atoms with E-state index >= 15 is 0 Å². The smallest absolute Gasteiger partial charge is 0.00914 e. The van der Waals surface area contributed by atoms with Crippen LogP contribution in [0.25, 0.3) is 0 Å². The lowest BCUT2D eigenvalue weighted by Crippen LogP contribution is -2.42. The van der Waals surface area contributed by atoms with E-state index in [0.29, 0.717) is 5.41 Å². The van der Waals surface area contributed by atoms with E-state index in [1.165, 1.54) is 25.9 Å². The van der Waals surface area contributed by atoms with Gasteiger partial charge in [-0.25, -0.2) is 0 Å². The second-order valence-electron chi connectivity index (χ2n) is 4.97. The van der Waals surface area contributed by atoms with Crippen LogP contribution >= 0.6 is 0 Å². The van der Waals surface area contributed by atoms with Gasteiger partial charge >= 0.3 is 0 Å². The fourth-order valence-corrected chi connectivity index (χ4v) is 1.48. The number of nitrogens with one attached hydrogen (secondary N) is 2. The third-order valence-corrected chi connectivity index (χ3v) is 2.26. The molecule has 0 radical (unpaired) electrons. The molecule has 0 unspecified atom stereocenters. The van der Waals surface area contributed by atoms with Crippen LogP contribution in [0, 0.1) is 5.41 Å². The maximum Gasteiger partial charge on any atom is 0.00914 e. The minimum absolute atomic E-state index is 0. The van der Waals surface area contributed by atoms with Gasteiger partial charge in [0.1, 0.15) is 0 Å². The number of hydrogen-bond donors (Lipinski definition) is 2. The molecule has 0 spiro atoms. The van der Waals surface area contributed by atoms with Gasteiger partial charge < -0.3 is 10.6 Å². The number of piperidine rings is 1. The van der Waals surface area contributed by atoms with Gasteiger partial charge in [-0.3, -0.25) is 0 Å². The van der Waals surface area contributed by atoms with Crippen molar-refractivity contribution < 1.29 is 1.43 Å². The van der Waals surface area contributed by atoms with Gasteiger partial charge in [-0.1, -0.05) is 34.6 Å². The van der Waals surface area contributed by atoms with Crippen LogP contribution in [0.15, 0.2) is 0 Å². The molecule has 88 valence electrons. The zero-order valence-corrected chi connectivity index (χ0v) is 10.6. The lowest BCUT2D eigenvalue weighted by molar-refractivity contribution is 0.314. The van der Waals surface area contributed by atoms with Gasteiger partial charge in [-0.2, -0.15) is 0 Å². The molecule has 0 aromatic heterocycles. The summed E-state index contributed by atoms with van der Waals surface area (Å²) in [6.45, 7) is 14.3. The molecule has 0 aromatic carbocycles. The van der Waals surface area contributed by atoms with Crippen LogP contribution in [0.5, 0.6) is 0 Å². The minimum atomic E-state index is 0. The summed E-state index contributed by atoms with van der Waals surface area (Å²) >= 11 is 0. The van der Waals surface area contributed by atoms with Crippen molar-refractivity contribution in [3.05, 3.63) is 0 Å². The molecule has 0 aliphatic carbocycles. The van der Waals surface area contributed by atoms with Crippen molar-refractivity contribution in [3.63, 3.8) is 0 Å². The molecule has 1 aliphatic heterocycles. The summed E-state index contributed by atoms with van der Waals surface area (Å²) in [4.78, 5) is 0. The molecular weight excluding hydrogens is 172 g/mol. The van der Waals surface area contributed by atoms with Crippen LogP contribution in [0.4, 0.5) is 0 Å². The molecule has 2 heteroatoms. The monoisotopic (exact) mass is 202 g/mol. The van der Waals surface area contributed by atoms with Gasteiger partial charge in [0.05, 0.1) is 0 Å². The first-order valence-corrected chi connectivity index (χ1v) is 6.02. The molecule has 0 aromatic rings. The Balaban J connectivity index is 0. The Kier molecular flexibility index (Phi) is 7.20. The van der Waals surface area contributed by atoms with Crippen LogP contribution in [0.3, 0.4) is 0 Å². The Labute approximate surface area is 91.3 Å². The van der Waals surface area contributed by atoms with Crippen molar-refractivity contribution in [2.45, 2.75) is 53.5 Å². The average molecular weight is 202 g/mol. The molecular formula is C12H30N2. The summed E-state index contributed by atoms with van der Waals surface area (Å²) < 4.78 is 0. The predicted molar refractivity (Wildman–Crippen MR) is 66.8 cm³/mol. The summed E-state index contributed by atoms with van der Waals surface area (Å²) in [5.74, 6) is 0. The van der Waals surface area contributed by atoms with Gasteiger partial charge in [-0.05, 0) is 31.3 Å². The molecule has 0 atom stereocenters. The molecule has 1 aliphatic rings. The van der Waals surface area contributed by atoms with Crippen molar-refractivity contribution in [1.82, 2.24) is 10.6 Å². The highest BCUT2D eigenvalue weighted by molar-refractivity contribution is 4.76. The van der Waals surface area contributed by atoms with Gasteiger partial charge in [-0.15, -0.1) is 0 Å². The van der Waals surface area contributed by atoms with E-state index in [-0.39, 0.29) is 1.43 Å². The molecule has 14 heavy (non-hydrogen) atoms. The molecule has 2 nitrogen and oxygen atoms in total. The van der Waals surface area contributed by atoms with E-state index < -0.39 is 0 Å². The fourth-order valence-electron chi connectivity index (χ4n) is 1.48. The summed E-state index contributed by atoms with van der Waals surface area (Å²) in [5, 5.41) is 6.99. The lowest BCUT2D eigenvalue weighted by atomic mass is 9.95. The highest BCUT2D eigenvalue weighted by Crippen LogP contribution is 2.12. The zero-order chi connectivity index (χ0) is 11.0. The Morgan fingerprint density at radius 1 is 1.21 bits per heavy atom. The third-order valence-electron chi connectivity index (χ3n) is 2.26. The Hall–Kier alpha value is -0.0800. The standard InChI is InChI=1S/C10H22N2.C2H6.H2/c1-10(2,3)8-12-9-4-6-11-7-5-9;1-2;/h9,11-12H,4-8H2,1-3H3;1-2H3;1H. The molecule has 1 fully saturated rings. The zero-order valence-electron chi connectivity index (χ0n) is 10.6. The van der Waals surface area contributed by atoms with E-state index in [9.17, 15) is 0 Å². The van der Waals surface area contributed by atoms with E-state index in [0.717, 1.165) is 12.6 Å². The molecule has 1 heterocycles. The SMILES string of the molecule is CC.CC(C)(C)CNC1CCNCC1.[HH]. The van der Waals surface area contributed by atoms with Crippen LogP contribution in [0.1, 0.15) is 48.9 Å². The highest BCUT2D eigenvalue weighted by atomic mass is 15.0. The molecule has 0 amide bonds. The van der Waals surface area contributed by atoms with Crippen molar-refractivity contribution >= 4 is 0 Å². The summed E-state index contributed by atoms with van der Waals surface area (Å²) in [6.07, 6.45) is 2.58. The molecule has 2 N–H and O–H groups in total. The first-order valence-electron chi connectivity index (χ1n) is 6.02. The van der Waals surface area contributed by atoms with Crippen molar-refractivity contribution in [1.29, 1.82) is 0 Å². The quantitative estimate of drug-likeness (QED) is 0.719. The first-order chi connectivity index (χ1) is 6.58. The van der Waals surface area contributed by atoms with Gasteiger partial charge in [0.25, 0.3) is 0 Å². The van der Waals surface area contributed by atoms with Crippen LogP contribution < -0.4 is 10.6 Å². The average Bonchev–Trinajstić information content (AvgIpc) is 2.19. The van der Waals surface area contributed by atoms with E-state index in [4.69, 9.17) is 0 Å². The lowest BCUT2D eigenvalue weighted by Gasteiger charge is -2.27. The first kappa shape index (κ1) is 13.9. The number of hydrogen-bond acceptors (Lipinski definition) is 2. The van der Waals surface area contributed by atoms with Crippen molar-refractivity contribution in [3.8, 4) is 0 Å². The van der Waals surface area contributed by atoms with Crippen molar-refractivity contribution in [2.75, 3.05) is 19.6 Å². The Morgan fingerprint density at radius 2 is 1.71 bits per heavy atom. The van der Waals surface area contributed by atoms with Gasteiger partial charge in [0.2, 0.25) is 0 Å². The fraction of sp³-hybridized carbons (Fsp3) is 1.00. The molecule has 0 saturated carbocycles. The van der Waals surface area contributed by atoms with E-state index in [1.54, 1.807) is 0 Å². The second-order valence-corrected chi connectivity index (χ2v) is 4.97. The molecule has 0 bridgehead atoms. The summed E-state index contributed by atoms with van der Waals surface area (Å²) in [5.41, 5.74) is 0.422. The molecule has 1 saturated heterocycles. The maximum atomic E-state index is 3.62. The highest BCUT2D eigenvalue weighted by Gasteiger charge is 2.15. The van der Waals surface area contributed by atoms with Crippen molar-refractivity contribution in [2.24, 2.45) is 5.41 Å². The van der Waals surface area contributed by atoms with E-state index in [1.807, 2.05) is 13.8 Å². The largest absolute Gasteiger partial charge is 0.317 e. The minimum Gasteiger partial charge on any atom is -0.317 e. The second kappa shape index (κ2) is 7.24. The summed E-state index contributed by atoms with van der Waals surface area (Å²) in [6, 6.07) is 0.755. The normalized spacial score (nSPS) is 18.6. The summed E-state index contributed by atoms with van der Waals surface area (Å²) in [7, 11) is 0. The predicted octanol–water partition coefficient (Wildman–Crippen LogP) is 2.65. The Morgan fingerprint density at radius 3 is 2.14 bits per heavy atom. The van der Waals surface area contributed by atoms with E-state index in [2.05, 4.69) is 31.4 Å². The topological polar surface area (TPSA) is 24.1 Å². The maximum absolute atomic E-state index is 3.62.